The van der Waals surface area contributed by atoms with Gasteiger partial charge in [0.1, 0.15) is 6.10 Å². The predicted octanol–water partition coefficient (Wildman–Crippen LogP) is 0.477. The standard InChI is InChI=1S/C27H30ClN5O9/c1-3-19(36)23(33-14-29-20-21(30-26(28)31-22(20)33)32(2)16-9-17(35)10-16)42-18(12-34)13-41-27(24(37)38,25(39)40)11-15-7-5-4-6-8-15/h1,4-8,14,16-19,23,34-36H,9-13H2,2H3,(H,37,38)(H,39,40)/t16?,17?,18-,19+,23+/m0/s1. The van der Waals surface area contributed by atoms with Crippen LogP contribution in [0.15, 0.2) is 36.7 Å². The van der Waals surface area contributed by atoms with Crippen LogP contribution in [0, 0.1) is 12.3 Å². The first kappa shape index (κ1) is 31.1. The number of imidazole rings is 1. The van der Waals surface area contributed by atoms with Gasteiger partial charge in [-0.15, -0.1) is 6.42 Å². The van der Waals surface area contributed by atoms with Crippen molar-refractivity contribution in [1.82, 2.24) is 19.5 Å². The number of hydrogen-bond acceptors (Lipinski definition) is 11. The molecule has 15 heteroatoms. The molecule has 4 rings (SSSR count). The number of fused-ring (bicyclic) bond motifs is 1. The van der Waals surface area contributed by atoms with Gasteiger partial charge in [0.05, 0.1) is 25.6 Å². The minimum atomic E-state index is -2.70. The maximum Gasteiger partial charge on any atom is 0.348 e. The summed E-state index contributed by atoms with van der Waals surface area (Å²) < 4.78 is 12.6. The molecule has 0 bridgehead atoms. The molecule has 3 atom stereocenters. The maximum absolute atomic E-state index is 12.2. The Morgan fingerprint density at radius 2 is 1.90 bits per heavy atom. The average molecular weight is 604 g/mol. The zero-order valence-electron chi connectivity index (χ0n) is 22.4. The predicted molar refractivity (Wildman–Crippen MR) is 148 cm³/mol. The van der Waals surface area contributed by atoms with E-state index < -0.39 is 61.7 Å². The molecule has 14 nitrogen and oxygen atoms in total. The summed E-state index contributed by atoms with van der Waals surface area (Å²) in [6.45, 7) is -1.45. The summed E-state index contributed by atoms with van der Waals surface area (Å²) in [7, 11) is 1.77. The van der Waals surface area contributed by atoms with E-state index in [9.17, 15) is 35.1 Å². The summed E-state index contributed by atoms with van der Waals surface area (Å²) in [6, 6.07) is 8.03. The number of aliphatic carboxylic acids is 2. The van der Waals surface area contributed by atoms with Crippen molar-refractivity contribution in [3.8, 4) is 12.3 Å². The number of hydrogen-bond donors (Lipinski definition) is 5. The third-order valence-corrected chi connectivity index (χ3v) is 7.27. The van der Waals surface area contributed by atoms with E-state index in [2.05, 4.69) is 20.9 Å². The molecule has 0 unspecified atom stereocenters. The molecule has 1 aliphatic rings. The Hall–Kier alpha value is -3.84. The van der Waals surface area contributed by atoms with Gasteiger partial charge < -0.3 is 39.9 Å². The zero-order chi connectivity index (χ0) is 30.6. The van der Waals surface area contributed by atoms with Gasteiger partial charge >= 0.3 is 11.9 Å². The van der Waals surface area contributed by atoms with Gasteiger partial charge in [-0.3, -0.25) is 4.57 Å². The van der Waals surface area contributed by atoms with Crippen LogP contribution in [0.25, 0.3) is 11.2 Å². The number of halogens is 1. The van der Waals surface area contributed by atoms with Crippen molar-refractivity contribution >= 4 is 40.5 Å². The molecule has 2 aromatic heterocycles. The molecule has 0 radical (unpaired) electrons. The van der Waals surface area contributed by atoms with E-state index >= 15 is 0 Å². The maximum atomic E-state index is 12.2. The number of carboxylic acids is 2. The molecule has 224 valence electrons. The Morgan fingerprint density at radius 3 is 2.48 bits per heavy atom. The van der Waals surface area contributed by atoms with Crippen molar-refractivity contribution in [3.05, 3.63) is 47.5 Å². The van der Waals surface area contributed by atoms with Crippen LogP contribution in [-0.4, -0.2) is 107 Å². The highest BCUT2D eigenvalue weighted by atomic mass is 35.5. The Kier molecular flexibility index (Phi) is 9.62. The lowest BCUT2D eigenvalue weighted by Gasteiger charge is -2.39. The fraction of sp³-hybridized carbons (Fsp3) is 0.444. The molecule has 42 heavy (non-hydrogen) atoms. The molecule has 5 N–H and O–H groups in total. The Labute approximate surface area is 245 Å². The quantitative estimate of drug-likeness (QED) is 0.0968. The van der Waals surface area contributed by atoms with Gasteiger partial charge in [-0.1, -0.05) is 36.3 Å². The van der Waals surface area contributed by atoms with Crippen LogP contribution in [0.4, 0.5) is 5.82 Å². The second-order valence-corrected chi connectivity index (χ2v) is 10.2. The molecular weight excluding hydrogens is 574 g/mol. The van der Waals surface area contributed by atoms with Crippen LogP contribution < -0.4 is 4.90 Å². The summed E-state index contributed by atoms with van der Waals surface area (Å²) in [5.74, 6) is -0.998. The van der Waals surface area contributed by atoms with Gasteiger partial charge in [0, 0.05) is 19.5 Å². The van der Waals surface area contributed by atoms with Crippen molar-refractivity contribution in [2.75, 3.05) is 25.2 Å². The summed E-state index contributed by atoms with van der Waals surface area (Å²) in [6.07, 6.45) is 2.47. The number of aliphatic hydroxyl groups excluding tert-OH is 3. The van der Waals surface area contributed by atoms with E-state index in [0.717, 1.165) is 0 Å². The van der Waals surface area contributed by atoms with Crippen molar-refractivity contribution in [3.63, 3.8) is 0 Å². The monoisotopic (exact) mass is 603 g/mol. The second-order valence-electron chi connectivity index (χ2n) is 9.88. The number of anilines is 1. The third-order valence-electron chi connectivity index (χ3n) is 7.10. The highest BCUT2D eigenvalue weighted by Gasteiger charge is 2.49. The fourth-order valence-electron chi connectivity index (χ4n) is 4.60. The molecule has 1 aromatic carbocycles. The Bertz CT molecular complexity index is 1440. The van der Waals surface area contributed by atoms with E-state index in [1.54, 1.807) is 37.4 Å². The molecule has 1 saturated carbocycles. The highest BCUT2D eigenvalue weighted by Crippen LogP contribution is 2.33. The molecule has 1 aliphatic carbocycles. The van der Waals surface area contributed by atoms with Crippen molar-refractivity contribution < 1.29 is 44.6 Å². The molecule has 0 aliphatic heterocycles. The summed E-state index contributed by atoms with van der Waals surface area (Å²) in [5.41, 5.74) is -1.89. The van der Waals surface area contributed by atoms with Crippen LogP contribution in [0.3, 0.4) is 0 Å². The van der Waals surface area contributed by atoms with E-state index in [-0.39, 0.29) is 22.5 Å². The third kappa shape index (κ3) is 6.31. The Balaban J connectivity index is 1.62. The fourth-order valence-corrected chi connectivity index (χ4v) is 4.76. The lowest BCUT2D eigenvalue weighted by atomic mass is 9.88. The molecular formula is C27H30ClN5O9. The average Bonchev–Trinajstić information content (AvgIpc) is 3.37. The first-order valence-electron chi connectivity index (χ1n) is 12.9. The van der Waals surface area contributed by atoms with Crippen LogP contribution in [0.1, 0.15) is 24.6 Å². The summed E-state index contributed by atoms with van der Waals surface area (Å²) >= 11 is 6.21. The lowest BCUT2D eigenvalue weighted by molar-refractivity contribution is -0.195. The molecule has 1 fully saturated rings. The van der Waals surface area contributed by atoms with Crippen LogP contribution in [-0.2, 0) is 25.5 Å². The largest absolute Gasteiger partial charge is 0.479 e. The van der Waals surface area contributed by atoms with Gasteiger partial charge in [-0.05, 0) is 30.0 Å². The van der Waals surface area contributed by atoms with Crippen molar-refractivity contribution in [2.45, 2.75) is 55.4 Å². The van der Waals surface area contributed by atoms with Crippen LogP contribution in [0.5, 0.6) is 0 Å². The first-order chi connectivity index (χ1) is 20.0. The van der Waals surface area contributed by atoms with Gasteiger partial charge in [0.15, 0.2) is 29.3 Å². The smallest absolute Gasteiger partial charge is 0.348 e. The molecule has 2 heterocycles. The van der Waals surface area contributed by atoms with Crippen molar-refractivity contribution in [2.24, 2.45) is 0 Å². The van der Waals surface area contributed by atoms with Gasteiger partial charge in [0.2, 0.25) is 5.28 Å². The SMILES string of the molecule is C#C[C@@H](O)[C@@H](O[C@@H](CO)COC(Cc1ccccc1)(C(=O)O)C(=O)O)n1cnc2c(N(C)C3CC(O)C3)nc(Cl)nc21. The number of ether oxygens (including phenoxy) is 2. The highest BCUT2D eigenvalue weighted by molar-refractivity contribution is 6.28. The topological polar surface area (TPSA) is 201 Å². The number of aromatic nitrogens is 4. The van der Waals surface area contributed by atoms with E-state index in [1.807, 2.05) is 4.90 Å². The second kappa shape index (κ2) is 13.0. The van der Waals surface area contributed by atoms with Gasteiger partial charge in [-0.2, -0.15) is 9.97 Å². The van der Waals surface area contributed by atoms with Crippen LogP contribution >= 0.6 is 11.6 Å². The normalized spacial score (nSPS) is 19.0. The van der Waals surface area contributed by atoms with E-state index in [0.29, 0.717) is 24.2 Å². The minimum absolute atomic E-state index is 0.0156. The molecule has 3 aromatic rings. The number of benzene rings is 1. The van der Waals surface area contributed by atoms with Gasteiger partial charge in [-0.25, -0.2) is 14.6 Å². The molecule has 0 saturated heterocycles. The first-order valence-corrected chi connectivity index (χ1v) is 13.2. The zero-order valence-corrected chi connectivity index (χ0v) is 23.2. The molecule has 0 amide bonds. The minimum Gasteiger partial charge on any atom is -0.479 e. The number of terminal acetylenes is 1. The lowest BCUT2D eigenvalue weighted by Crippen LogP contribution is -2.52. The van der Waals surface area contributed by atoms with E-state index in [4.69, 9.17) is 27.5 Å². The van der Waals surface area contributed by atoms with Crippen LogP contribution in [0.2, 0.25) is 5.28 Å². The number of carbonyl (C=O) groups is 2. The van der Waals surface area contributed by atoms with Crippen molar-refractivity contribution in [1.29, 1.82) is 0 Å². The number of rotatable bonds is 14. The summed E-state index contributed by atoms with van der Waals surface area (Å²) in [5, 5.41) is 50.0. The number of nitrogens with zero attached hydrogens (tertiary/aromatic N) is 5. The number of aliphatic hydroxyl groups is 3. The number of carboxylic acid groups (broad SMARTS) is 2. The summed E-state index contributed by atoms with van der Waals surface area (Å²) in [4.78, 5) is 39.0. The Morgan fingerprint density at radius 1 is 1.24 bits per heavy atom. The van der Waals surface area contributed by atoms with Gasteiger partial charge in [0.25, 0.3) is 5.60 Å². The molecule has 0 spiro atoms. The van der Waals surface area contributed by atoms with E-state index in [1.165, 1.54) is 10.9 Å².